The van der Waals surface area contributed by atoms with Crippen molar-refractivity contribution in [1.82, 2.24) is 24.6 Å². The molecular weight excluding hydrogens is 402 g/mol. The first-order valence-corrected chi connectivity index (χ1v) is 10.4. The molecule has 1 saturated heterocycles. The van der Waals surface area contributed by atoms with Crippen molar-refractivity contribution >= 4 is 23.2 Å². The minimum Gasteiger partial charge on any atom is -0.487 e. The Labute approximate surface area is 178 Å². The van der Waals surface area contributed by atoms with Crippen molar-refractivity contribution in [3.63, 3.8) is 0 Å². The number of ether oxygens (including phenoxy) is 1. The van der Waals surface area contributed by atoms with Gasteiger partial charge in [0.25, 0.3) is 11.8 Å². The van der Waals surface area contributed by atoms with Crippen molar-refractivity contribution in [1.29, 1.82) is 0 Å². The van der Waals surface area contributed by atoms with E-state index in [0.717, 1.165) is 5.69 Å². The molecular formula is C21H23N5O3S. The van der Waals surface area contributed by atoms with Crippen molar-refractivity contribution in [2.45, 2.75) is 19.4 Å². The van der Waals surface area contributed by atoms with Gasteiger partial charge in [-0.1, -0.05) is 29.5 Å². The number of hydrogen-bond acceptors (Lipinski definition) is 6. The molecule has 3 aromatic rings. The van der Waals surface area contributed by atoms with Gasteiger partial charge in [-0.05, 0) is 38.1 Å². The number of para-hydroxylation sites is 1. The minimum atomic E-state index is -0.551. The molecule has 0 atom stereocenters. The van der Waals surface area contributed by atoms with Gasteiger partial charge in [0.05, 0.1) is 23.2 Å². The van der Waals surface area contributed by atoms with Crippen LogP contribution < -0.4 is 4.74 Å². The first kappa shape index (κ1) is 20.1. The van der Waals surface area contributed by atoms with Gasteiger partial charge in [-0.2, -0.15) is 0 Å². The zero-order valence-corrected chi connectivity index (χ0v) is 17.9. The highest BCUT2D eigenvalue weighted by Gasteiger charge is 2.40. The number of benzene rings is 1. The maximum atomic E-state index is 13.1. The zero-order valence-electron chi connectivity index (χ0n) is 17.1. The second-order valence-corrected chi connectivity index (χ2v) is 8.71. The van der Waals surface area contributed by atoms with Gasteiger partial charge in [0.2, 0.25) is 5.82 Å². The minimum absolute atomic E-state index is 0.0463. The van der Waals surface area contributed by atoms with E-state index in [2.05, 4.69) is 10.1 Å². The van der Waals surface area contributed by atoms with Crippen LogP contribution in [0.1, 0.15) is 34.1 Å². The van der Waals surface area contributed by atoms with Crippen LogP contribution in [-0.4, -0.2) is 68.7 Å². The maximum Gasteiger partial charge on any atom is 0.294 e. The third-order valence-electron chi connectivity index (χ3n) is 5.13. The Bertz CT molecular complexity index is 1060. The molecule has 2 aromatic heterocycles. The molecule has 0 bridgehead atoms. The van der Waals surface area contributed by atoms with E-state index in [1.54, 1.807) is 40.1 Å². The summed E-state index contributed by atoms with van der Waals surface area (Å²) in [6.07, 6.45) is 1.54. The molecule has 3 heterocycles. The summed E-state index contributed by atoms with van der Waals surface area (Å²) < 4.78 is 6.77. The normalized spacial score (nSPS) is 15.8. The van der Waals surface area contributed by atoms with E-state index in [9.17, 15) is 9.59 Å². The van der Waals surface area contributed by atoms with Crippen LogP contribution in [0.15, 0.2) is 48.8 Å². The predicted octanol–water partition coefficient (Wildman–Crippen LogP) is 2.71. The number of carbonyl (C=O) groups excluding carboxylic acids is 2. The van der Waals surface area contributed by atoms with Gasteiger partial charge in [-0.3, -0.25) is 9.59 Å². The standard InChI is InChI=1S/C21H23N5O3S/c1-21(2)13-24(19(27)16-9-10-17(29-3)30-16)11-12-25(21)20(28)18-22-14-26(23-18)15-7-5-4-6-8-15/h4-10,14H,11-13H2,1-3H3. The third-order valence-corrected chi connectivity index (χ3v) is 6.17. The summed E-state index contributed by atoms with van der Waals surface area (Å²) in [6.45, 7) is 5.20. The number of hydrogen-bond donors (Lipinski definition) is 0. The number of piperazine rings is 1. The maximum absolute atomic E-state index is 13.1. The third kappa shape index (κ3) is 3.80. The number of methoxy groups -OCH3 is 1. The Kier molecular flexibility index (Phi) is 5.29. The number of nitrogens with zero attached hydrogens (tertiary/aromatic N) is 5. The molecule has 8 nitrogen and oxygen atoms in total. The molecule has 1 aromatic carbocycles. The van der Waals surface area contributed by atoms with Crippen LogP contribution in [0.4, 0.5) is 0 Å². The molecule has 0 aliphatic carbocycles. The predicted molar refractivity (Wildman–Crippen MR) is 113 cm³/mol. The van der Waals surface area contributed by atoms with E-state index >= 15 is 0 Å². The fourth-order valence-corrected chi connectivity index (χ4v) is 4.38. The molecule has 1 fully saturated rings. The highest BCUT2D eigenvalue weighted by atomic mass is 32.1. The molecule has 0 radical (unpaired) electrons. The quantitative estimate of drug-likeness (QED) is 0.642. The zero-order chi connectivity index (χ0) is 21.3. The van der Waals surface area contributed by atoms with Crippen molar-refractivity contribution < 1.29 is 14.3 Å². The van der Waals surface area contributed by atoms with Gasteiger partial charge in [-0.15, -0.1) is 5.10 Å². The van der Waals surface area contributed by atoms with E-state index in [-0.39, 0.29) is 17.6 Å². The summed E-state index contributed by atoms with van der Waals surface area (Å²) in [5.41, 5.74) is 0.287. The van der Waals surface area contributed by atoms with E-state index in [1.807, 2.05) is 44.2 Å². The summed E-state index contributed by atoms with van der Waals surface area (Å²) in [6, 6.07) is 13.1. The molecule has 0 unspecified atom stereocenters. The Hall–Kier alpha value is -3.20. The lowest BCUT2D eigenvalue weighted by atomic mass is 9.98. The van der Waals surface area contributed by atoms with Crippen LogP contribution in [0.5, 0.6) is 5.06 Å². The van der Waals surface area contributed by atoms with Crippen LogP contribution >= 0.6 is 11.3 Å². The Balaban J connectivity index is 1.48. The molecule has 0 spiro atoms. The van der Waals surface area contributed by atoms with Crippen molar-refractivity contribution in [2.24, 2.45) is 0 Å². The lowest BCUT2D eigenvalue weighted by Crippen LogP contribution is -2.62. The van der Waals surface area contributed by atoms with Crippen LogP contribution in [0.25, 0.3) is 5.69 Å². The van der Waals surface area contributed by atoms with E-state index in [0.29, 0.717) is 29.6 Å². The second-order valence-electron chi connectivity index (χ2n) is 7.67. The SMILES string of the molecule is COc1ccc(C(=O)N2CCN(C(=O)c3ncn(-c4ccccc4)n3)C(C)(C)C2)s1. The van der Waals surface area contributed by atoms with E-state index in [1.165, 1.54) is 11.3 Å². The first-order chi connectivity index (χ1) is 14.4. The smallest absolute Gasteiger partial charge is 0.294 e. The van der Waals surface area contributed by atoms with Crippen molar-refractivity contribution in [2.75, 3.05) is 26.7 Å². The topological polar surface area (TPSA) is 80.6 Å². The molecule has 2 amide bonds. The molecule has 30 heavy (non-hydrogen) atoms. The van der Waals surface area contributed by atoms with Gasteiger partial charge in [0.1, 0.15) is 6.33 Å². The summed E-state index contributed by atoms with van der Waals surface area (Å²) in [5, 5.41) is 5.06. The van der Waals surface area contributed by atoms with Crippen LogP contribution in [0.3, 0.4) is 0 Å². The van der Waals surface area contributed by atoms with Crippen LogP contribution in [0.2, 0.25) is 0 Å². The number of carbonyl (C=O) groups is 2. The Morgan fingerprint density at radius 1 is 1.07 bits per heavy atom. The summed E-state index contributed by atoms with van der Waals surface area (Å²) in [7, 11) is 1.58. The first-order valence-electron chi connectivity index (χ1n) is 9.61. The molecule has 0 N–H and O–H groups in total. The monoisotopic (exact) mass is 425 g/mol. The van der Waals surface area contributed by atoms with Crippen LogP contribution in [-0.2, 0) is 0 Å². The summed E-state index contributed by atoms with van der Waals surface area (Å²) in [4.78, 5) is 34.4. The number of amides is 2. The van der Waals surface area contributed by atoms with Gasteiger partial charge >= 0.3 is 0 Å². The number of aromatic nitrogens is 3. The van der Waals surface area contributed by atoms with Gasteiger partial charge < -0.3 is 14.5 Å². The van der Waals surface area contributed by atoms with Gasteiger partial charge in [0, 0.05) is 19.6 Å². The molecule has 1 aliphatic rings. The van der Waals surface area contributed by atoms with Gasteiger partial charge in [0.15, 0.2) is 5.06 Å². The number of thiophene rings is 1. The summed E-state index contributed by atoms with van der Waals surface area (Å²) >= 11 is 1.32. The fourth-order valence-electron chi connectivity index (χ4n) is 3.59. The highest BCUT2D eigenvalue weighted by Crippen LogP contribution is 2.28. The van der Waals surface area contributed by atoms with E-state index < -0.39 is 5.54 Å². The lowest BCUT2D eigenvalue weighted by Gasteiger charge is -2.46. The molecule has 1 aliphatic heterocycles. The van der Waals surface area contributed by atoms with Crippen LogP contribution in [0, 0.1) is 0 Å². The largest absolute Gasteiger partial charge is 0.487 e. The molecule has 0 saturated carbocycles. The van der Waals surface area contributed by atoms with Gasteiger partial charge in [-0.25, -0.2) is 9.67 Å². The summed E-state index contributed by atoms with van der Waals surface area (Å²) in [5.74, 6) is -0.135. The fraction of sp³-hybridized carbons (Fsp3) is 0.333. The molecule has 9 heteroatoms. The molecule has 156 valence electrons. The Morgan fingerprint density at radius 3 is 2.50 bits per heavy atom. The van der Waals surface area contributed by atoms with Crippen molar-refractivity contribution in [3.05, 3.63) is 59.5 Å². The second kappa shape index (κ2) is 7.91. The Morgan fingerprint density at radius 2 is 1.83 bits per heavy atom. The average Bonchev–Trinajstić information content (AvgIpc) is 3.42. The number of rotatable bonds is 4. The lowest BCUT2D eigenvalue weighted by molar-refractivity contribution is 0.0162. The van der Waals surface area contributed by atoms with Crippen molar-refractivity contribution in [3.8, 4) is 10.8 Å². The molecule has 4 rings (SSSR count). The highest BCUT2D eigenvalue weighted by molar-refractivity contribution is 7.15. The van der Waals surface area contributed by atoms with E-state index in [4.69, 9.17) is 4.74 Å². The average molecular weight is 426 g/mol.